The summed E-state index contributed by atoms with van der Waals surface area (Å²) in [5.74, 6) is 0.383. The van der Waals surface area contributed by atoms with Gasteiger partial charge in [-0.15, -0.1) is 0 Å². The maximum Gasteiger partial charge on any atom is 0.419 e. The van der Waals surface area contributed by atoms with Crippen LogP contribution in [0.3, 0.4) is 0 Å². The third kappa shape index (κ3) is 3.65. The summed E-state index contributed by atoms with van der Waals surface area (Å²) in [7, 11) is 1.11. The van der Waals surface area contributed by atoms with Gasteiger partial charge >= 0.3 is 6.18 Å². The van der Waals surface area contributed by atoms with Crippen molar-refractivity contribution in [3.05, 3.63) is 42.0 Å². The molecule has 1 unspecified atom stereocenters. The second kappa shape index (κ2) is 7.39. The Morgan fingerprint density at radius 1 is 1.23 bits per heavy atom. The molecule has 160 valence electrons. The number of carbonyl (C=O) groups is 1. The van der Waals surface area contributed by atoms with Crippen molar-refractivity contribution in [2.45, 2.75) is 25.1 Å². The van der Waals surface area contributed by atoms with Crippen molar-refractivity contribution in [3.63, 3.8) is 0 Å². The summed E-state index contributed by atoms with van der Waals surface area (Å²) in [5, 5.41) is 6.02. The first-order valence-electron chi connectivity index (χ1n) is 9.52. The van der Waals surface area contributed by atoms with Gasteiger partial charge in [-0.2, -0.15) is 13.2 Å². The van der Waals surface area contributed by atoms with Crippen LogP contribution in [0.2, 0.25) is 0 Å². The van der Waals surface area contributed by atoms with Gasteiger partial charge in [0.05, 0.1) is 12.2 Å². The van der Waals surface area contributed by atoms with E-state index in [4.69, 9.17) is 9.47 Å². The quantitative estimate of drug-likeness (QED) is 0.774. The van der Waals surface area contributed by atoms with Crippen molar-refractivity contribution in [2.24, 2.45) is 0 Å². The molecule has 0 saturated carbocycles. The molecule has 0 radical (unpaired) electrons. The molecule has 2 N–H and O–H groups in total. The van der Waals surface area contributed by atoms with Crippen LogP contribution in [0, 0.1) is 6.92 Å². The number of aryl methyl sites for hydroxylation is 1. The molecule has 1 atom stereocenters. The number of ether oxygens (including phenoxy) is 2. The van der Waals surface area contributed by atoms with Crippen molar-refractivity contribution in [3.8, 4) is 5.75 Å². The number of amides is 1. The second-order valence-corrected chi connectivity index (χ2v) is 7.54. The minimum Gasteiger partial charge on any atom is -0.482 e. The molecule has 6 nitrogen and oxygen atoms in total. The molecular formula is C21H22F3N3O3. The number of fused-ring (bicyclic) bond motifs is 1. The fourth-order valence-electron chi connectivity index (χ4n) is 3.81. The Kier molecular flexibility index (Phi) is 5.01. The lowest BCUT2D eigenvalue weighted by Gasteiger charge is -2.30. The highest BCUT2D eigenvalue weighted by Crippen LogP contribution is 2.42. The number of hydrogen-bond donors (Lipinski definition) is 2. The van der Waals surface area contributed by atoms with Crippen LogP contribution in [0.15, 0.2) is 36.4 Å². The normalized spacial score (nSPS) is 21.1. The van der Waals surface area contributed by atoms with Gasteiger partial charge in [0.1, 0.15) is 5.75 Å². The Morgan fingerprint density at radius 2 is 2.03 bits per heavy atom. The van der Waals surface area contributed by atoms with Crippen molar-refractivity contribution in [2.75, 3.05) is 42.3 Å². The number of halogens is 3. The standard InChI is InChI=1S/C21H22F3N3O3/c1-13-9-15(27-8-7-20(12-27,29-2)21(22,23)24)4-6-16(13)25-14-3-5-17-18(10-14)30-11-19(28)26-17/h3-6,9-10,25H,7-8,11-12H2,1-2H3,(H,26,28). The molecule has 2 aliphatic rings. The first-order valence-corrected chi connectivity index (χ1v) is 9.52. The predicted octanol–water partition coefficient (Wildman–Crippen LogP) is 4.23. The number of hydrogen-bond acceptors (Lipinski definition) is 5. The third-order valence-corrected chi connectivity index (χ3v) is 5.61. The van der Waals surface area contributed by atoms with Gasteiger partial charge in [-0.25, -0.2) is 0 Å². The molecule has 0 aromatic heterocycles. The van der Waals surface area contributed by atoms with E-state index in [9.17, 15) is 18.0 Å². The molecule has 1 amide bonds. The van der Waals surface area contributed by atoms with E-state index >= 15 is 0 Å². The van der Waals surface area contributed by atoms with Crippen LogP contribution >= 0.6 is 0 Å². The summed E-state index contributed by atoms with van der Waals surface area (Å²) >= 11 is 0. The van der Waals surface area contributed by atoms with Gasteiger partial charge in [0.2, 0.25) is 0 Å². The zero-order valence-electron chi connectivity index (χ0n) is 16.6. The molecule has 9 heteroatoms. The summed E-state index contributed by atoms with van der Waals surface area (Å²) in [6.45, 7) is 1.91. The number of rotatable bonds is 4. The average molecular weight is 421 g/mol. The van der Waals surface area contributed by atoms with Crippen LogP contribution in [0.4, 0.5) is 35.9 Å². The van der Waals surface area contributed by atoms with Crippen LogP contribution in [0.1, 0.15) is 12.0 Å². The van der Waals surface area contributed by atoms with Crippen molar-refractivity contribution in [1.82, 2.24) is 0 Å². The Labute approximate surface area is 172 Å². The molecule has 2 aromatic carbocycles. The van der Waals surface area contributed by atoms with E-state index in [1.54, 1.807) is 23.1 Å². The Morgan fingerprint density at radius 3 is 2.70 bits per heavy atom. The Hall–Kier alpha value is -2.94. The van der Waals surface area contributed by atoms with Crippen LogP contribution in [0.5, 0.6) is 5.75 Å². The lowest BCUT2D eigenvalue weighted by atomic mass is 10.0. The molecule has 4 rings (SSSR count). The first-order chi connectivity index (χ1) is 14.2. The Balaban J connectivity index is 1.50. The lowest BCUT2D eigenvalue weighted by molar-refractivity contribution is -0.260. The molecule has 0 bridgehead atoms. The van der Waals surface area contributed by atoms with Crippen LogP contribution in [-0.2, 0) is 9.53 Å². The van der Waals surface area contributed by atoms with E-state index in [2.05, 4.69) is 10.6 Å². The summed E-state index contributed by atoms with van der Waals surface area (Å²) in [5.41, 5.74) is 1.70. The zero-order chi connectivity index (χ0) is 21.5. The topological polar surface area (TPSA) is 62.8 Å². The number of carbonyl (C=O) groups excluding carboxylic acids is 1. The van der Waals surface area contributed by atoms with E-state index in [0.29, 0.717) is 11.4 Å². The molecule has 0 spiro atoms. The fraction of sp³-hybridized carbons (Fsp3) is 0.381. The van der Waals surface area contributed by atoms with Crippen molar-refractivity contribution < 1.29 is 27.4 Å². The van der Waals surface area contributed by atoms with Crippen LogP contribution in [-0.4, -0.2) is 44.5 Å². The molecular weight excluding hydrogens is 399 g/mol. The smallest absolute Gasteiger partial charge is 0.419 e. The van der Waals surface area contributed by atoms with Gasteiger partial charge in [0.25, 0.3) is 5.91 Å². The van der Waals surface area contributed by atoms with Crippen LogP contribution < -0.4 is 20.3 Å². The Bertz CT molecular complexity index is 980. The molecule has 2 aromatic rings. The second-order valence-electron chi connectivity index (χ2n) is 7.54. The molecule has 2 aliphatic heterocycles. The number of anilines is 4. The highest BCUT2D eigenvalue weighted by molar-refractivity contribution is 5.95. The fourth-order valence-corrected chi connectivity index (χ4v) is 3.81. The number of nitrogens with zero attached hydrogens (tertiary/aromatic N) is 1. The number of benzene rings is 2. The number of nitrogens with one attached hydrogen (secondary N) is 2. The summed E-state index contributed by atoms with van der Waals surface area (Å²) in [6.07, 6.45) is -4.52. The van der Waals surface area contributed by atoms with E-state index in [0.717, 1.165) is 29.7 Å². The summed E-state index contributed by atoms with van der Waals surface area (Å²) in [4.78, 5) is 13.1. The van der Waals surface area contributed by atoms with Gasteiger partial charge in [0.15, 0.2) is 12.2 Å². The monoisotopic (exact) mass is 421 g/mol. The van der Waals surface area contributed by atoms with Crippen LogP contribution in [0.25, 0.3) is 0 Å². The highest BCUT2D eigenvalue weighted by atomic mass is 19.4. The zero-order valence-corrected chi connectivity index (χ0v) is 16.6. The number of alkyl halides is 3. The lowest BCUT2D eigenvalue weighted by Crippen LogP contribution is -2.49. The van der Waals surface area contributed by atoms with Gasteiger partial charge in [0, 0.05) is 43.2 Å². The molecule has 2 heterocycles. The summed E-state index contributed by atoms with van der Waals surface area (Å²) in [6, 6.07) is 10.9. The largest absolute Gasteiger partial charge is 0.482 e. The van der Waals surface area contributed by atoms with Gasteiger partial charge in [-0.1, -0.05) is 0 Å². The SMILES string of the molecule is COC1(C(F)(F)F)CCN(c2ccc(Nc3ccc4c(c3)OCC(=O)N4)c(C)c2)C1. The highest BCUT2D eigenvalue weighted by Gasteiger charge is 2.58. The van der Waals surface area contributed by atoms with E-state index in [1.165, 1.54) is 0 Å². The van der Waals surface area contributed by atoms with Crippen molar-refractivity contribution in [1.29, 1.82) is 0 Å². The predicted molar refractivity (Wildman–Crippen MR) is 108 cm³/mol. The van der Waals surface area contributed by atoms with Gasteiger partial charge in [-0.05, 0) is 42.8 Å². The average Bonchev–Trinajstić information content (AvgIpc) is 3.16. The third-order valence-electron chi connectivity index (χ3n) is 5.61. The first kappa shape index (κ1) is 20.3. The molecule has 0 aliphatic carbocycles. The minimum atomic E-state index is -4.42. The minimum absolute atomic E-state index is 0.0269. The maximum absolute atomic E-state index is 13.4. The van der Waals surface area contributed by atoms with E-state index < -0.39 is 11.8 Å². The summed E-state index contributed by atoms with van der Waals surface area (Å²) < 4.78 is 50.6. The van der Waals surface area contributed by atoms with E-state index in [1.807, 2.05) is 25.1 Å². The molecule has 1 fully saturated rings. The maximum atomic E-state index is 13.4. The molecule has 30 heavy (non-hydrogen) atoms. The number of methoxy groups -OCH3 is 1. The molecule has 1 saturated heterocycles. The van der Waals surface area contributed by atoms with Crippen molar-refractivity contribution >= 4 is 28.7 Å². The van der Waals surface area contributed by atoms with Gasteiger partial charge in [-0.3, -0.25) is 4.79 Å². The van der Waals surface area contributed by atoms with Gasteiger partial charge < -0.3 is 25.0 Å². The van der Waals surface area contributed by atoms with E-state index in [-0.39, 0.29) is 32.0 Å².